The van der Waals surface area contributed by atoms with Gasteiger partial charge in [-0.1, -0.05) is 19.1 Å². The Morgan fingerprint density at radius 3 is 2.95 bits per heavy atom. The molecule has 0 spiro atoms. The van der Waals surface area contributed by atoms with E-state index in [9.17, 15) is 4.39 Å². The summed E-state index contributed by atoms with van der Waals surface area (Å²) in [6.45, 7) is 6.65. The van der Waals surface area contributed by atoms with E-state index in [1.165, 1.54) is 12.0 Å². The maximum Gasteiger partial charge on any atom is 0.126 e. The van der Waals surface area contributed by atoms with Crippen LogP contribution in [0.1, 0.15) is 43.4 Å². The summed E-state index contributed by atoms with van der Waals surface area (Å²) in [5.41, 5.74) is 1.90. The summed E-state index contributed by atoms with van der Waals surface area (Å²) in [5.74, 6) is 0.364. The maximum atomic E-state index is 13.4. The van der Waals surface area contributed by atoms with Gasteiger partial charge < -0.3 is 10.1 Å². The van der Waals surface area contributed by atoms with Crippen LogP contribution >= 0.6 is 0 Å². The van der Waals surface area contributed by atoms with Crippen molar-refractivity contribution in [1.29, 1.82) is 0 Å². The fourth-order valence-electron chi connectivity index (χ4n) is 2.75. The van der Waals surface area contributed by atoms with E-state index < -0.39 is 0 Å². The van der Waals surface area contributed by atoms with Crippen molar-refractivity contribution in [2.24, 2.45) is 5.92 Å². The van der Waals surface area contributed by atoms with Crippen molar-refractivity contribution in [2.45, 2.75) is 39.2 Å². The van der Waals surface area contributed by atoms with E-state index in [1.807, 2.05) is 19.1 Å². The number of ether oxygens (including phenoxy) is 1. The summed E-state index contributed by atoms with van der Waals surface area (Å²) in [5, 5.41) is 3.60. The van der Waals surface area contributed by atoms with Crippen molar-refractivity contribution in [3.63, 3.8) is 0 Å². The highest BCUT2D eigenvalue weighted by atomic mass is 19.1. The van der Waals surface area contributed by atoms with Gasteiger partial charge in [0.1, 0.15) is 5.82 Å². The molecule has 0 bridgehead atoms. The number of benzene rings is 1. The molecule has 1 fully saturated rings. The summed E-state index contributed by atoms with van der Waals surface area (Å²) >= 11 is 0. The molecule has 1 aromatic rings. The predicted molar refractivity (Wildman–Crippen MR) is 75.7 cm³/mol. The van der Waals surface area contributed by atoms with Gasteiger partial charge in [0.05, 0.1) is 6.61 Å². The third-order valence-electron chi connectivity index (χ3n) is 3.82. The highest BCUT2D eigenvalue weighted by Gasteiger charge is 2.25. The van der Waals surface area contributed by atoms with Gasteiger partial charge in [-0.3, -0.25) is 0 Å². The molecule has 3 heteroatoms. The molecule has 0 aromatic heterocycles. The molecule has 1 aromatic carbocycles. The number of halogens is 1. The second kappa shape index (κ2) is 7.01. The van der Waals surface area contributed by atoms with E-state index in [0.717, 1.165) is 38.2 Å². The van der Waals surface area contributed by atoms with Crippen molar-refractivity contribution in [1.82, 2.24) is 5.32 Å². The van der Waals surface area contributed by atoms with Crippen LogP contribution in [0, 0.1) is 18.7 Å². The minimum atomic E-state index is -0.127. The van der Waals surface area contributed by atoms with Gasteiger partial charge in [0.15, 0.2) is 0 Å². The molecule has 1 saturated heterocycles. The standard InChI is InChI=1S/C16H24FNO/c1-3-8-18-16(14-5-4-9-19-11-14)13-6-7-15(17)12(2)10-13/h6-7,10,14,16,18H,3-5,8-9,11H2,1-2H3. The average molecular weight is 265 g/mol. The quantitative estimate of drug-likeness (QED) is 0.878. The third-order valence-corrected chi connectivity index (χ3v) is 3.82. The van der Waals surface area contributed by atoms with Crippen LogP contribution in [0.4, 0.5) is 4.39 Å². The average Bonchev–Trinajstić information content (AvgIpc) is 2.44. The molecule has 1 N–H and O–H groups in total. The molecule has 1 aliphatic rings. The smallest absolute Gasteiger partial charge is 0.126 e. The molecule has 2 rings (SSSR count). The summed E-state index contributed by atoms with van der Waals surface area (Å²) in [7, 11) is 0. The number of hydrogen-bond acceptors (Lipinski definition) is 2. The van der Waals surface area contributed by atoms with Gasteiger partial charge in [0.2, 0.25) is 0 Å². The van der Waals surface area contributed by atoms with E-state index >= 15 is 0 Å². The number of hydrogen-bond donors (Lipinski definition) is 1. The summed E-state index contributed by atoms with van der Waals surface area (Å²) < 4.78 is 19.0. The lowest BCUT2D eigenvalue weighted by Gasteiger charge is -2.31. The maximum absolute atomic E-state index is 13.4. The molecule has 106 valence electrons. The van der Waals surface area contributed by atoms with E-state index in [-0.39, 0.29) is 11.9 Å². The van der Waals surface area contributed by atoms with Crippen LogP contribution in [0.3, 0.4) is 0 Å². The number of rotatable bonds is 5. The lowest BCUT2D eigenvalue weighted by Crippen LogP contribution is -2.34. The van der Waals surface area contributed by atoms with Crippen LogP contribution in [-0.4, -0.2) is 19.8 Å². The van der Waals surface area contributed by atoms with Crippen molar-refractivity contribution >= 4 is 0 Å². The largest absolute Gasteiger partial charge is 0.381 e. The number of nitrogens with one attached hydrogen (secondary N) is 1. The molecule has 19 heavy (non-hydrogen) atoms. The summed E-state index contributed by atoms with van der Waals surface area (Å²) in [6.07, 6.45) is 3.40. The Hall–Kier alpha value is -0.930. The molecule has 0 aliphatic carbocycles. The van der Waals surface area contributed by atoms with Crippen LogP contribution in [-0.2, 0) is 4.74 Å². The Morgan fingerprint density at radius 2 is 2.32 bits per heavy atom. The Morgan fingerprint density at radius 1 is 1.47 bits per heavy atom. The SMILES string of the molecule is CCCNC(c1ccc(F)c(C)c1)C1CCCOC1. The van der Waals surface area contributed by atoms with E-state index in [0.29, 0.717) is 5.92 Å². The lowest BCUT2D eigenvalue weighted by atomic mass is 9.88. The van der Waals surface area contributed by atoms with Crippen LogP contribution in [0.5, 0.6) is 0 Å². The van der Waals surface area contributed by atoms with Gasteiger partial charge in [-0.2, -0.15) is 0 Å². The lowest BCUT2D eigenvalue weighted by molar-refractivity contribution is 0.0390. The molecular formula is C16H24FNO. The van der Waals surface area contributed by atoms with Gasteiger partial charge >= 0.3 is 0 Å². The van der Waals surface area contributed by atoms with Crippen molar-refractivity contribution in [3.8, 4) is 0 Å². The van der Waals surface area contributed by atoms with Crippen LogP contribution < -0.4 is 5.32 Å². The minimum absolute atomic E-state index is 0.127. The van der Waals surface area contributed by atoms with E-state index in [2.05, 4.69) is 12.2 Å². The van der Waals surface area contributed by atoms with Crippen LogP contribution in [0.15, 0.2) is 18.2 Å². The fourth-order valence-corrected chi connectivity index (χ4v) is 2.75. The van der Waals surface area contributed by atoms with Gasteiger partial charge in [-0.25, -0.2) is 4.39 Å². The Bertz CT molecular complexity index is 402. The highest BCUT2D eigenvalue weighted by Crippen LogP contribution is 2.29. The normalized spacial score (nSPS) is 21.3. The van der Waals surface area contributed by atoms with E-state index in [4.69, 9.17) is 4.74 Å². The zero-order chi connectivity index (χ0) is 13.7. The first kappa shape index (κ1) is 14.5. The van der Waals surface area contributed by atoms with Gasteiger partial charge in [-0.05, 0) is 49.9 Å². The van der Waals surface area contributed by atoms with Gasteiger partial charge in [-0.15, -0.1) is 0 Å². The predicted octanol–water partition coefficient (Wildman–Crippen LogP) is 3.60. The van der Waals surface area contributed by atoms with Crippen LogP contribution in [0.25, 0.3) is 0 Å². The molecule has 1 heterocycles. The Kier molecular flexibility index (Phi) is 5.34. The molecule has 0 saturated carbocycles. The highest BCUT2D eigenvalue weighted by molar-refractivity contribution is 5.27. The van der Waals surface area contributed by atoms with Crippen molar-refractivity contribution in [3.05, 3.63) is 35.1 Å². The van der Waals surface area contributed by atoms with Crippen molar-refractivity contribution < 1.29 is 9.13 Å². The second-order valence-corrected chi connectivity index (χ2v) is 5.42. The van der Waals surface area contributed by atoms with Crippen LogP contribution in [0.2, 0.25) is 0 Å². The molecular weight excluding hydrogens is 241 g/mol. The molecule has 0 radical (unpaired) electrons. The monoisotopic (exact) mass is 265 g/mol. The second-order valence-electron chi connectivity index (χ2n) is 5.42. The zero-order valence-electron chi connectivity index (χ0n) is 11.9. The molecule has 2 nitrogen and oxygen atoms in total. The van der Waals surface area contributed by atoms with Crippen molar-refractivity contribution in [2.75, 3.05) is 19.8 Å². The first-order valence-electron chi connectivity index (χ1n) is 7.29. The molecule has 2 atom stereocenters. The minimum Gasteiger partial charge on any atom is -0.381 e. The fraction of sp³-hybridized carbons (Fsp3) is 0.625. The zero-order valence-corrected chi connectivity index (χ0v) is 11.9. The summed E-state index contributed by atoms with van der Waals surface area (Å²) in [6, 6.07) is 5.73. The molecule has 2 unspecified atom stereocenters. The Labute approximate surface area is 115 Å². The molecule has 1 aliphatic heterocycles. The Balaban J connectivity index is 2.17. The molecule has 0 amide bonds. The third kappa shape index (κ3) is 3.77. The van der Waals surface area contributed by atoms with E-state index in [1.54, 1.807) is 6.07 Å². The van der Waals surface area contributed by atoms with Gasteiger partial charge in [0.25, 0.3) is 0 Å². The van der Waals surface area contributed by atoms with Gasteiger partial charge in [0, 0.05) is 18.6 Å². The first-order chi connectivity index (χ1) is 9.22. The topological polar surface area (TPSA) is 21.3 Å². The number of aryl methyl sites for hydroxylation is 1. The summed E-state index contributed by atoms with van der Waals surface area (Å²) in [4.78, 5) is 0. The first-order valence-corrected chi connectivity index (χ1v) is 7.29.